The summed E-state index contributed by atoms with van der Waals surface area (Å²) in [6, 6.07) is 6.78. The Kier molecular flexibility index (Phi) is 4.04. The third-order valence-corrected chi connectivity index (χ3v) is 6.83. The van der Waals surface area contributed by atoms with Gasteiger partial charge in [0.2, 0.25) is 11.8 Å². The molecule has 5 atom stereocenters. The number of hydrogen-bond acceptors (Lipinski definition) is 4. The first-order chi connectivity index (χ1) is 13.1. The number of hydrogen-bond donors (Lipinski definition) is 1. The summed E-state index contributed by atoms with van der Waals surface area (Å²) in [5, 5.41) is 2.89. The molecule has 2 saturated heterocycles. The summed E-state index contributed by atoms with van der Waals surface area (Å²) in [5.41, 5.74) is 1.10. The van der Waals surface area contributed by atoms with E-state index >= 15 is 0 Å². The lowest BCUT2D eigenvalue weighted by molar-refractivity contribution is -0.123. The Hall–Kier alpha value is -2.21. The minimum atomic E-state index is -0.161. The van der Waals surface area contributed by atoms with E-state index in [4.69, 9.17) is 4.74 Å². The van der Waals surface area contributed by atoms with Crippen LogP contribution in [0.15, 0.2) is 24.3 Å². The van der Waals surface area contributed by atoms with Crippen molar-refractivity contribution in [3.8, 4) is 0 Å². The highest BCUT2D eigenvalue weighted by molar-refractivity contribution is 6.22. The van der Waals surface area contributed by atoms with Crippen LogP contribution in [0.2, 0.25) is 0 Å². The van der Waals surface area contributed by atoms with Crippen LogP contribution in [-0.2, 0) is 14.3 Å². The van der Waals surface area contributed by atoms with Crippen LogP contribution in [0.5, 0.6) is 0 Å². The average Bonchev–Trinajstić information content (AvgIpc) is 3.45. The maximum atomic E-state index is 12.9. The first-order valence-electron chi connectivity index (χ1n) is 10.0. The highest BCUT2D eigenvalue weighted by Gasteiger charge is 2.61. The van der Waals surface area contributed by atoms with Gasteiger partial charge in [-0.05, 0) is 68.2 Å². The average molecular weight is 368 g/mol. The van der Waals surface area contributed by atoms with E-state index in [9.17, 15) is 14.4 Å². The molecule has 2 aliphatic carbocycles. The van der Waals surface area contributed by atoms with Crippen molar-refractivity contribution in [2.75, 3.05) is 18.1 Å². The summed E-state index contributed by atoms with van der Waals surface area (Å²) in [6.07, 6.45) is 5.29. The number of fused-ring (bicyclic) bond motifs is 5. The molecule has 0 aromatic heterocycles. The summed E-state index contributed by atoms with van der Waals surface area (Å²) in [6.45, 7) is 1.27. The molecule has 1 N–H and O–H groups in total. The largest absolute Gasteiger partial charge is 0.376 e. The van der Waals surface area contributed by atoms with Crippen molar-refractivity contribution in [1.29, 1.82) is 0 Å². The molecule has 0 radical (unpaired) electrons. The first-order valence-corrected chi connectivity index (χ1v) is 10.0. The van der Waals surface area contributed by atoms with Gasteiger partial charge in [0.1, 0.15) is 0 Å². The number of amides is 3. The van der Waals surface area contributed by atoms with Gasteiger partial charge in [-0.25, -0.2) is 0 Å². The molecule has 27 heavy (non-hydrogen) atoms. The Morgan fingerprint density at radius 2 is 1.70 bits per heavy atom. The molecule has 1 aromatic carbocycles. The third kappa shape index (κ3) is 2.69. The Labute approximate surface area is 158 Å². The van der Waals surface area contributed by atoms with Gasteiger partial charge in [-0.3, -0.25) is 19.3 Å². The van der Waals surface area contributed by atoms with Crippen LogP contribution in [0, 0.1) is 23.7 Å². The lowest BCUT2D eigenvalue weighted by Gasteiger charge is -2.19. The van der Waals surface area contributed by atoms with Crippen molar-refractivity contribution >= 4 is 23.4 Å². The van der Waals surface area contributed by atoms with Gasteiger partial charge < -0.3 is 10.1 Å². The lowest BCUT2D eigenvalue weighted by Crippen LogP contribution is -2.33. The molecular formula is C21H24N2O4. The number of anilines is 1. The van der Waals surface area contributed by atoms with Gasteiger partial charge in [-0.1, -0.05) is 0 Å². The molecule has 3 amide bonds. The van der Waals surface area contributed by atoms with E-state index in [2.05, 4.69) is 5.32 Å². The molecule has 6 heteroatoms. The summed E-state index contributed by atoms with van der Waals surface area (Å²) in [5.74, 6) is 0.261. The topological polar surface area (TPSA) is 75.7 Å². The first kappa shape index (κ1) is 16.9. The van der Waals surface area contributed by atoms with E-state index in [1.165, 1.54) is 4.90 Å². The predicted octanol–water partition coefficient (Wildman–Crippen LogP) is 2.13. The SMILES string of the molecule is O=C(NC[C@@H]1CCCO1)c1ccc(N2C(=O)[C@H]3[C@H]4CC[C@@H](C4)[C@@H]3C2=O)cc1. The van der Waals surface area contributed by atoms with E-state index in [1.807, 2.05) is 0 Å². The number of imide groups is 1. The number of nitrogens with zero attached hydrogens (tertiary/aromatic N) is 1. The lowest BCUT2D eigenvalue weighted by atomic mass is 9.81. The number of benzene rings is 1. The second-order valence-electron chi connectivity index (χ2n) is 8.29. The molecule has 2 bridgehead atoms. The quantitative estimate of drug-likeness (QED) is 0.826. The van der Waals surface area contributed by atoms with Gasteiger partial charge in [-0.2, -0.15) is 0 Å². The van der Waals surface area contributed by atoms with Crippen LogP contribution in [0.25, 0.3) is 0 Å². The number of carbonyl (C=O) groups is 3. The van der Waals surface area contributed by atoms with Gasteiger partial charge >= 0.3 is 0 Å². The van der Waals surface area contributed by atoms with Crippen molar-refractivity contribution in [3.63, 3.8) is 0 Å². The highest BCUT2D eigenvalue weighted by atomic mass is 16.5. The van der Waals surface area contributed by atoms with Gasteiger partial charge in [0.05, 0.1) is 23.6 Å². The van der Waals surface area contributed by atoms with Gasteiger partial charge in [0.25, 0.3) is 5.91 Å². The normalized spacial score (nSPS) is 34.4. The second kappa shape index (κ2) is 6.44. The highest BCUT2D eigenvalue weighted by Crippen LogP contribution is 2.56. The molecule has 6 nitrogen and oxygen atoms in total. The van der Waals surface area contributed by atoms with Crippen LogP contribution >= 0.6 is 0 Å². The van der Waals surface area contributed by atoms with E-state index in [-0.39, 0.29) is 35.7 Å². The Morgan fingerprint density at radius 1 is 1.04 bits per heavy atom. The molecule has 142 valence electrons. The zero-order valence-corrected chi connectivity index (χ0v) is 15.2. The molecule has 0 spiro atoms. The van der Waals surface area contributed by atoms with Crippen LogP contribution in [0.3, 0.4) is 0 Å². The van der Waals surface area contributed by atoms with E-state index in [0.29, 0.717) is 29.6 Å². The van der Waals surface area contributed by atoms with E-state index in [0.717, 1.165) is 38.7 Å². The number of nitrogens with one attached hydrogen (secondary N) is 1. The third-order valence-electron chi connectivity index (χ3n) is 6.83. The van der Waals surface area contributed by atoms with Crippen LogP contribution in [-0.4, -0.2) is 37.0 Å². The smallest absolute Gasteiger partial charge is 0.251 e. The van der Waals surface area contributed by atoms with Crippen molar-refractivity contribution in [2.24, 2.45) is 23.7 Å². The molecule has 0 unspecified atom stereocenters. The van der Waals surface area contributed by atoms with E-state index in [1.54, 1.807) is 24.3 Å². The zero-order chi connectivity index (χ0) is 18.5. The monoisotopic (exact) mass is 368 g/mol. The maximum Gasteiger partial charge on any atom is 0.251 e. The fourth-order valence-corrected chi connectivity index (χ4v) is 5.54. The van der Waals surface area contributed by atoms with Crippen molar-refractivity contribution in [2.45, 2.75) is 38.2 Å². The molecular weight excluding hydrogens is 344 g/mol. The predicted molar refractivity (Wildman–Crippen MR) is 98.1 cm³/mol. The summed E-state index contributed by atoms with van der Waals surface area (Å²) in [4.78, 5) is 39.4. The van der Waals surface area contributed by atoms with Crippen LogP contribution in [0.4, 0.5) is 5.69 Å². The maximum absolute atomic E-state index is 12.9. The molecule has 2 saturated carbocycles. The Bertz CT molecular complexity index is 756. The van der Waals surface area contributed by atoms with Crippen molar-refractivity contribution in [1.82, 2.24) is 5.32 Å². The molecule has 1 aromatic rings. The fraction of sp³-hybridized carbons (Fsp3) is 0.571. The van der Waals surface area contributed by atoms with Crippen LogP contribution in [0.1, 0.15) is 42.5 Å². The molecule has 2 heterocycles. The summed E-state index contributed by atoms with van der Waals surface area (Å²) in [7, 11) is 0. The van der Waals surface area contributed by atoms with Gasteiger partial charge in [-0.15, -0.1) is 0 Å². The van der Waals surface area contributed by atoms with Crippen molar-refractivity contribution in [3.05, 3.63) is 29.8 Å². The minimum absolute atomic E-state index is 0.0483. The summed E-state index contributed by atoms with van der Waals surface area (Å²) >= 11 is 0. The van der Waals surface area contributed by atoms with Gasteiger partial charge in [0.15, 0.2) is 0 Å². The Morgan fingerprint density at radius 3 is 2.30 bits per heavy atom. The zero-order valence-electron chi connectivity index (χ0n) is 15.2. The molecule has 4 fully saturated rings. The number of ether oxygens (including phenoxy) is 1. The number of carbonyl (C=O) groups excluding carboxylic acids is 3. The van der Waals surface area contributed by atoms with Crippen molar-refractivity contribution < 1.29 is 19.1 Å². The van der Waals surface area contributed by atoms with Gasteiger partial charge in [0, 0.05) is 18.7 Å². The molecule has 4 aliphatic rings. The minimum Gasteiger partial charge on any atom is -0.376 e. The standard InChI is InChI=1S/C21H24N2O4/c24-19(22-11-16-2-1-9-27-16)12-5-7-15(8-6-12)23-20(25)17-13-3-4-14(10-13)18(17)21(23)26/h5-8,13-14,16-18H,1-4,9-11H2,(H,22,24)/t13-,14-,16-,17-,18-/m0/s1. The fourth-order valence-electron chi connectivity index (χ4n) is 5.54. The molecule has 2 aliphatic heterocycles. The summed E-state index contributed by atoms with van der Waals surface area (Å²) < 4.78 is 5.51. The van der Waals surface area contributed by atoms with Crippen LogP contribution < -0.4 is 10.2 Å². The number of rotatable bonds is 4. The molecule has 5 rings (SSSR count). The Balaban J connectivity index is 1.28. The second-order valence-corrected chi connectivity index (χ2v) is 8.29. The van der Waals surface area contributed by atoms with E-state index < -0.39 is 0 Å².